The van der Waals surface area contributed by atoms with Crippen molar-refractivity contribution in [3.63, 3.8) is 0 Å². The van der Waals surface area contributed by atoms with Crippen molar-refractivity contribution in [2.75, 3.05) is 24.3 Å². The van der Waals surface area contributed by atoms with Crippen LogP contribution in [0.15, 0.2) is 24.3 Å². The monoisotopic (exact) mass is 222 g/mol. The van der Waals surface area contributed by atoms with Gasteiger partial charge in [-0.2, -0.15) is 0 Å². The van der Waals surface area contributed by atoms with Crippen LogP contribution in [0.3, 0.4) is 0 Å². The molecule has 0 aliphatic heterocycles. The number of ether oxygens (including phenoxy) is 1. The van der Waals surface area contributed by atoms with E-state index in [2.05, 4.69) is 5.32 Å². The lowest BCUT2D eigenvalue weighted by Gasteiger charge is -2.05. The Hall–Kier alpha value is -1.55. The molecule has 0 saturated carbocycles. The van der Waals surface area contributed by atoms with Crippen molar-refractivity contribution in [3.8, 4) is 0 Å². The highest BCUT2D eigenvalue weighted by Gasteiger charge is 2.01. The summed E-state index contributed by atoms with van der Waals surface area (Å²) in [6.07, 6.45) is 1.21. The highest BCUT2D eigenvalue weighted by atomic mass is 16.5. The van der Waals surface area contributed by atoms with Gasteiger partial charge in [0.2, 0.25) is 5.91 Å². The summed E-state index contributed by atoms with van der Waals surface area (Å²) >= 11 is 0. The molecule has 0 aromatic heterocycles. The van der Waals surface area contributed by atoms with Crippen molar-refractivity contribution in [1.29, 1.82) is 0 Å². The molecule has 88 valence electrons. The zero-order valence-corrected chi connectivity index (χ0v) is 9.53. The number of amides is 1. The van der Waals surface area contributed by atoms with Gasteiger partial charge in [-0.15, -0.1) is 0 Å². The standard InChI is InChI=1S/C12H18N2O2/c1-2-16-8-4-7-12(15)14-11-6-3-5-10(13)9-11/h3,5-6,9H,2,4,7-8,13H2,1H3,(H,14,15). The number of hydrogen-bond acceptors (Lipinski definition) is 3. The lowest BCUT2D eigenvalue weighted by Crippen LogP contribution is -2.12. The normalized spacial score (nSPS) is 10.1. The fraction of sp³-hybridized carbons (Fsp3) is 0.417. The van der Waals surface area contributed by atoms with Gasteiger partial charge in [-0.05, 0) is 31.5 Å². The van der Waals surface area contributed by atoms with E-state index in [-0.39, 0.29) is 5.91 Å². The molecule has 0 atom stereocenters. The number of nitrogens with two attached hydrogens (primary N) is 1. The predicted molar refractivity (Wildman–Crippen MR) is 65.2 cm³/mol. The molecule has 3 N–H and O–H groups in total. The Balaban J connectivity index is 2.29. The molecule has 0 saturated heterocycles. The van der Waals surface area contributed by atoms with Crippen LogP contribution >= 0.6 is 0 Å². The number of carbonyl (C=O) groups excluding carboxylic acids is 1. The number of anilines is 2. The Morgan fingerprint density at radius 2 is 2.31 bits per heavy atom. The van der Waals surface area contributed by atoms with Crippen LogP contribution in [0, 0.1) is 0 Å². The zero-order chi connectivity index (χ0) is 11.8. The van der Waals surface area contributed by atoms with Crippen molar-refractivity contribution in [1.82, 2.24) is 0 Å². The summed E-state index contributed by atoms with van der Waals surface area (Å²) in [5.41, 5.74) is 6.99. The Labute approximate surface area is 95.8 Å². The quantitative estimate of drug-likeness (QED) is 0.571. The van der Waals surface area contributed by atoms with Crippen molar-refractivity contribution in [3.05, 3.63) is 24.3 Å². The SMILES string of the molecule is CCOCCCC(=O)Nc1cccc(N)c1. The lowest BCUT2D eigenvalue weighted by molar-refractivity contribution is -0.116. The Kier molecular flexibility index (Phi) is 5.36. The predicted octanol–water partition coefficient (Wildman–Crippen LogP) is 2.02. The van der Waals surface area contributed by atoms with Gasteiger partial charge >= 0.3 is 0 Å². The molecule has 0 aliphatic carbocycles. The van der Waals surface area contributed by atoms with Gasteiger partial charge in [-0.3, -0.25) is 4.79 Å². The van der Waals surface area contributed by atoms with E-state index < -0.39 is 0 Å². The molecule has 0 unspecified atom stereocenters. The second kappa shape index (κ2) is 6.85. The minimum atomic E-state index is -0.00898. The van der Waals surface area contributed by atoms with Crippen LogP contribution < -0.4 is 11.1 Å². The van der Waals surface area contributed by atoms with E-state index in [9.17, 15) is 4.79 Å². The van der Waals surface area contributed by atoms with Crippen molar-refractivity contribution in [2.45, 2.75) is 19.8 Å². The number of rotatable bonds is 6. The van der Waals surface area contributed by atoms with E-state index in [1.807, 2.05) is 19.1 Å². The van der Waals surface area contributed by atoms with E-state index in [0.29, 0.717) is 25.3 Å². The van der Waals surface area contributed by atoms with E-state index in [1.165, 1.54) is 0 Å². The van der Waals surface area contributed by atoms with Crippen molar-refractivity contribution in [2.24, 2.45) is 0 Å². The van der Waals surface area contributed by atoms with Crippen LogP contribution in [0.5, 0.6) is 0 Å². The summed E-state index contributed by atoms with van der Waals surface area (Å²) in [4.78, 5) is 11.5. The van der Waals surface area contributed by atoms with Gasteiger partial charge in [0.05, 0.1) is 0 Å². The molecule has 4 heteroatoms. The average Bonchev–Trinajstić information content (AvgIpc) is 2.24. The molecular formula is C12H18N2O2. The molecule has 0 spiro atoms. The molecule has 1 amide bonds. The third-order valence-corrected chi connectivity index (χ3v) is 2.07. The smallest absolute Gasteiger partial charge is 0.224 e. The van der Waals surface area contributed by atoms with Gasteiger partial charge in [0, 0.05) is 31.0 Å². The molecule has 1 aromatic carbocycles. The van der Waals surface area contributed by atoms with Crippen LogP contribution in [0.4, 0.5) is 11.4 Å². The second-order valence-corrected chi connectivity index (χ2v) is 3.47. The number of nitrogens with one attached hydrogen (secondary N) is 1. The van der Waals surface area contributed by atoms with Gasteiger partial charge in [0.1, 0.15) is 0 Å². The van der Waals surface area contributed by atoms with Gasteiger partial charge in [-0.1, -0.05) is 6.07 Å². The maximum absolute atomic E-state index is 11.5. The highest BCUT2D eigenvalue weighted by molar-refractivity contribution is 5.91. The molecule has 16 heavy (non-hydrogen) atoms. The Bertz CT molecular complexity index is 340. The molecule has 0 fully saturated rings. The highest BCUT2D eigenvalue weighted by Crippen LogP contribution is 2.12. The van der Waals surface area contributed by atoms with Crippen LogP contribution in [0.25, 0.3) is 0 Å². The molecule has 4 nitrogen and oxygen atoms in total. The number of hydrogen-bond donors (Lipinski definition) is 2. The third kappa shape index (κ3) is 4.79. The van der Waals surface area contributed by atoms with Gasteiger partial charge < -0.3 is 15.8 Å². The van der Waals surface area contributed by atoms with Gasteiger partial charge in [-0.25, -0.2) is 0 Å². The maximum atomic E-state index is 11.5. The summed E-state index contributed by atoms with van der Waals surface area (Å²) < 4.78 is 5.15. The molecule has 0 radical (unpaired) electrons. The summed E-state index contributed by atoms with van der Waals surface area (Å²) in [5, 5.41) is 2.79. The van der Waals surface area contributed by atoms with Gasteiger partial charge in [0.25, 0.3) is 0 Å². The molecule has 0 bridgehead atoms. The molecular weight excluding hydrogens is 204 g/mol. The van der Waals surface area contributed by atoms with Crippen LogP contribution in [0.2, 0.25) is 0 Å². The van der Waals surface area contributed by atoms with Crippen molar-refractivity contribution >= 4 is 17.3 Å². The Morgan fingerprint density at radius 3 is 3.00 bits per heavy atom. The molecule has 0 heterocycles. The average molecular weight is 222 g/mol. The first-order valence-corrected chi connectivity index (χ1v) is 5.45. The molecule has 0 aliphatic rings. The fourth-order valence-electron chi connectivity index (χ4n) is 1.32. The summed E-state index contributed by atoms with van der Waals surface area (Å²) in [6.45, 7) is 3.25. The molecule has 1 rings (SSSR count). The largest absolute Gasteiger partial charge is 0.399 e. The summed E-state index contributed by atoms with van der Waals surface area (Å²) in [6, 6.07) is 7.15. The first-order valence-electron chi connectivity index (χ1n) is 5.45. The van der Waals surface area contributed by atoms with E-state index in [4.69, 9.17) is 10.5 Å². The fourth-order valence-corrected chi connectivity index (χ4v) is 1.32. The maximum Gasteiger partial charge on any atom is 0.224 e. The van der Waals surface area contributed by atoms with Gasteiger partial charge in [0.15, 0.2) is 0 Å². The van der Waals surface area contributed by atoms with Crippen LogP contribution in [-0.4, -0.2) is 19.1 Å². The first-order chi connectivity index (χ1) is 7.72. The number of benzene rings is 1. The minimum absolute atomic E-state index is 0.00898. The van der Waals surface area contributed by atoms with Crippen molar-refractivity contribution < 1.29 is 9.53 Å². The summed E-state index contributed by atoms with van der Waals surface area (Å²) in [5.74, 6) is -0.00898. The first kappa shape index (κ1) is 12.5. The van der Waals surface area contributed by atoms with E-state index in [1.54, 1.807) is 12.1 Å². The second-order valence-electron chi connectivity index (χ2n) is 3.47. The minimum Gasteiger partial charge on any atom is -0.399 e. The molecule has 1 aromatic rings. The number of carbonyl (C=O) groups is 1. The summed E-state index contributed by atoms with van der Waals surface area (Å²) in [7, 11) is 0. The van der Waals surface area contributed by atoms with Crippen LogP contribution in [0.1, 0.15) is 19.8 Å². The third-order valence-electron chi connectivity index (χ3n) is 2.07. The lowest BCUT2D eigenvalue weighted by atomic mass is 10.2. The zero-order valence-electron chi connectivity index (χ0n) is 9.53. The van der Waals surface area contributed by atoms with E-state index in [0.717, 1.165) is 12.1 Å². The van der Waals surface area contributed by atoms with E-state index >= 15 is 0 Å². The topological polar surface area (TPSA) is 64.3 Å². The Morgan fingerprint density at radius 1 is 1.50 bits per heavy atom. The van der Waals surface area contributed by atoms with Crippen LogP contribution in [-0.2, 0) is 9.53 Å². The number of nitrogen functional groups attached to an aromatic ring is 1.